The van der Waals surface area contributed by atoms with Gasteiger partial charge in [-0.15, -0.1) is 0 Å². The maximum Gasteiger partial charge on any atom is 0.365 e. The molecule has 23 heavy (non-hydrogen) atoms. The van der Waals surface area contributed by atoms with Crippen molar-refractivity contribution in [1.29, 1.82) is 0 Å². The van der Waals surface area contributed by atoms with Crippen LogP contribution in [-0.2, 0) is 11.3 Å². The molecule has 0 atom stereocenters. The number of benzene rings is 2. The molecule has 2 aromatic carbocycles. The van der Waals surface area contributed by atoms with Gasteiger partial charge in [0.1, 0.15) is 5.75 Å². The van der Waals surface area contributed by atoms with Gasteiger partial charge in [0.2, 0.25) is 0 Å². The highest BCUT2D eigenvalue weighted by atomic mass is 79.9. The van der Waals surface area contributed by atoms with Gasteiger partial charge in [-0.2, -0.15) is 0 Å². The summed E-state index contributed by atoms with van der Waals surface area (Å²) >= 11 is 6.87. The van der Waals surface area contributed by atoms with Crippen LogP contribution in [0.25, 0.3) is 0 Å². The zero-order valence-corrected chi connectivity index (χ0v) is 15.5. The second-order valence-corrected chi connectivity index (χ2v) is 6.80. The lowest BCUT2D eigenvalue weighted by Gasteiger charge is -2.09. The number of hydrogen-bond donors (Lipinski definition) is 0. The van der Waals surface area contributed by atoms with Crippen LogP contribution in [0.2, 0.25) is 0 Å². The molecule has 0 unspecified atom stereocenters. The number of ether oxygens (including phenoxy) is 1. The number of carbonyl (C=O) groups is 1. The monoisotopic (exact) mass is 437 g/mol. The van der Waals surface area contributed by atoms with Crippen LogP contribution in [0.1, 0.15) is 27.9 Å². The average Bonchev–Trinajstić information content (AvgIpc) is 2.98. The van der Waals surface area contributed by atoms with Crippen molar-refractivity contribution in [2.75, 3.05) is 7.11 Å². The Morgan fingerprint density at radius 3 is 2.74 bits per heavy atom. The average molecular weight is 439 g/mol. The molecule has 0 fully saturated rings. The van der Waals surface area contributed by atoms with Crippen LogP contribution < -0.4 is 4.74 Å². The maximum atomic E-state index is 12.1. The fourth-order valence-electron chi connectivity index (χ4n) is 2.56. The minimum Gasteiger partial charge on any atom is -0.496 e. The normalized spacial score (nSPS) is 14.7. The Kier molecular flexibility index (Phi) is 4.82. The van der Waals surface area contributed by atoms with Crippen molar-refractivity contribution in [3.63, 3.8) is 0 Å². The predicted molar refractivity (Wildman–Crippen MR) is 95.1 cm³/mol. The highest BCUT2D eigenvalue weighted by Crippen LogP contribution is 2.36. The van der Waals surface area contributed by atoms with Gasteiger partial charge < -0.3 is 9.57 Å². The zero-order chi connectivity index (χ0) is 16.4. The lowest BCUT2D eigenvalue weighted by atomic mass is 10.1. The van der Waals surface area contributed by atoms with Gasteiger partial charge in [0, 0.05) is 14.5 Å². The van der Waals surface area contributed by atoms with Gasteiger partial charge in [-0.1, -0.05) is 43.1 Å². The minimum atomic E-state index is -0.485. The first kappa shape index (κ1) is 16.2. The number of methoxy groups -OCH3 is 1. The smallest absolute Gasteiger partial charge is 0.365 e. The van der Waals surface area contributed by atoms with Crippen LogP contribution in [-0.4, -0.2) is 18.8 Å². The van der Waals surface area contributed by atoms with Crippen LogP contribution >= 0.6 is 31.9 Å². The molecule has 0 saturated heterocycles. The van der Waals surface area contributed by atoms with E-state index >= 15 is 0 Å². The summed E-state index contributed by atoms with van der Waals surface area (Å²) in [6.07, 6.45) is 1.54. The molecule has 0 bridgehead atoms. The molecule has 0 aromatic heterocycles. The van der Waals surface area contributed by atoms with E-state index in [1.807, 2.05) is 18.2 Å². The molecule has 4 nitrogen and oxygen atoms in total. The highest BCUT2D eigenvalue weighted by molar-refractivity contribution is 9.10. The van der Waals surface area contributed by atoms with Crippen LogP contribution in [0.3, 0.4) is 0 Å². The van der Waals surface area contributed by atoms with Crippen molar-refractivity contribution in [2.24, 2.45) is 5.16 Å². The summed E-state index contributed by atoms with van der Waals surface area (Å²) in [5.74, 6) is 0.249. The van der Waals surface area contributed by atoms with E-state index in [0.717, 1.165) is 38.0 Å². The zero-order valence-electron chi connectivity index (χ0n) is 12.3. The first-order chi connectivity index (χ1) is 11.1. The first-order valence-electron chi connectivity index (χ1n) is 6.99. The summed E-state index contributed by atoms with van der Waals surface area (Å²) in [5, 5.41) is 4.07. The molecule has 1 aliphatic rings. The molecule has 1 aliphatic carbocycles. The molecular formula is C17H13Br2NO3. The standard InChI is InChI=1S/C17H13Br2NO3/c1-22-15-8-6-13(19)12-5-7-14(16(12)15)20-23-17(21)10-3-2-4-11(18)9-10/h2-4,6,8-9H,5,7H2,1H3/b20-14-. The fourth-order valence-corrected chi connectivity index (χ4v) is 3.48. The summed E-state index contributed by atoms with van der Waals surface area (Å²) in [5.41, 5.74) is 3.20. The van der Waals surface area contributed by atoms with E-state index in [9.17, 15) is 4.79 Å². The molecule has 0 heterocycles. The van der Waals surface area contributed by atoms with Gasteiger partial charge >= 0.3 is 5.97 Å². The van der Waals surface area contributed by atoms with Crippen LogP contribution in [0.4, 0.5) is 0 Å². The second kappa shape index (κ2) is 6.84. The largest absolute Gasteiger partial charge is 0.496 e. The molecule has 0 aliphatic heterocycles. The molecule has 0 N–H and O–H groups in total. The van der Waals surface area contributed by atoms with Gasteiger partial charge in [-0.25, -0.2) is 4.79 Å². The van der Waals surface area contributed by atoms with Crippen molar-refractivity contribution < 1.29 is 14.4 Å². The number of rotatable bonds is 3. The van der Waals surface area contributed by atoms with E-state index < -0.39 is 5.97 Å². The second-order valence-electron chi connectivity index (χ2n) is 5.03. The number of carbonyl (C=O) groups excluding carboxylic acids is 1. The van der Waals surface area contributed by atoms with Crippen molar-refractivity contribution in [1.82, 2.24) is 0 Å². The Bertz CT molecular complexity index is 802. The number of fused-ring (bicyclic) bond motifs is 1. The van der Waals surface area contributed by atoms with E-state index in [1.165, 1.54) is 0 Å². The SMILES string of the molecule is COc1ccc(Br)c2c1/C(=N\OC(=O)c1cccc(Br)c1)CC2. The summed E-state index contributed by atoms with van der Waals surface area (Å²) in [7, 11) is 1.62. The predicted octanol–water partition coefficient (Wildman–Crippen LogP) is 4.73. The quantitative estimate of drug-likeness (QED) is 0.514. The highest BCUT2D eigenvalue weighted by Gasteiger charge is 2.25. The van der Waals surface area contributed by atoms with Gasteiger partial charge in [-0.3, -0.25) is 0 Å². The Hall–Kier alpha value is -1.66. The Labute approximate surface area is 150 Å². The third kappa shape index (κ3) is 3.33. The van der Waals surface area contributed by atoms with Gasteiger partial charge in [0.25, 0.3) is 0 Å². The molecule has 0 saturated carbocycles. The molecule has 0 radical (unpaired) electrons. The molecular weight excluding hydrogens is 426 g/mol. The van der Waals surface area contributed by atoms with Crippen LogP contribution in [0, 0.1) is 0 Å². The Morgan fingerprint density at radius 1 is 1.17 bits per heavy atom. The minimum absolute atomic E-state index is 0.447. The summed E-state index contributed by atoms with van der Waals surface area (Å²) < 4.78 is 7.23. The third-order valence-corrected chi connectivity index (χ3v) is 4.87. The third-order valence-electron chi connectivity index (χ3n) is 3.64. The van der Waals surface area contributed by atoms with E-state index in [2.05, 4.69) is 37.0 Å². The summed E-state index contributed by atoms with van der Waals surface area (Å²) in [6, 6.07) is 10.8. The molecule has 2 aromatic rings. The number of oxime groups is 1. The van der Waals surface area contributed by atoms with E-state index in [4.69, 9.17) is 9.57 Å². The van der Waals surface area contributed by atoms with Crippen molar-refractivity contribution in [3.8, 4) is 5.75 Å². The van der Waals surface area contributed by atoms with Gasteiger partial charge in [0.15, 0.2) is 0 Å². The van der Waals surface area contributed by atoms with E-state index in [-0.39, 0.29) is 0 Å². The van der Waals surface area contributed by atoms with Gasteiger partial charge in [-0.05, 0) is 48.7 Å². The number of halogens is 2. The van der Waals surface area contributed by atoms with Crippen LogP contribution in [0.5, 0.6) is 5.75 Å². The van der Waals surface area contributed by atoms with E-state index in [1.54, 1.807) is 25.3 Å². The fraction of sp³-hybridized carbons (Fsp3) is 0.176. The Morgan fingerprint density at radius 2 is 2.00 bits per heavy atom. The molecule has 0 amide bonds. The lowest BCUT2D eigenvalue weighted by Crippen LogP contribution is -2.05. The Balaban J connectivity index is 1.87. The number of hydrogen-bond acceptors (Lipinski definition) is 4. The molecule has 6 heteroatoms. The molecule has 0 spiro atoms. The topological polar surface area (TPSA) is 47.9 Å². The van der Waals surface area contributed by atoms with Gasteiger partial charge in [0.05, 0.1) is 18.4 Å². The van der Waals surface area contributed by atoms with Crippen molar-refractivity contribution >= 4 is 43.5 Å². The summed E-state index contributed by atoms with van der Waals surface area (Å²) in [6.45, 7) is 0. The van der Waals surface area contributed by atoms with Crippen LogP contribution in [0.15, 0.2) is 50.5 Å². The number of nitrogens with zero attached hydrogens (tertiary/aromatic N) is 1. The van der Waals surface area contributed by atoms with Crippen molar-refractivity contribution in [2.45, 2.75) is 12.8 Å². The van der Waals surface area contributed by atoms with E-state index in [0.29, 0.717) is 12.0 Å². The summed E-state index contributed by atoms with van der Waals surface area (Å²) in [4.78, 5) is 17.2. The van der Waals surface area contributed by atoms with Crippen molar-refractivity contribution in [3.05, 3.63) is 62.0 Å². The lowest BCUT2D eigenvalue weighted by molar-refractivity contribution is 0.0516. The molecule has 118 valence electrons. The first-order valence-corrected chi connectivity index (χ1v) is 8.58. The molecule has 3 rings (SSSR count). The maximum absolute atomic E-state index is 12.1.